The number of carbonyl (C=O) groups excluding carboxylic acids is 1. The summed E-state index contributed by atoms with van der Waals surface area (Å²) in [6, 6.07) is 0. The van der Waals surface area contributed by atoms with E-state index < -0.39 is 0 Å². The standard InChI is InChI=1S/C12H15N3O/c1-4-10(2)5-6-12(11(3)9-16)15-13-7-8-14-15/h4-9H,1-3H3/b6-5-,10-4+,12-11-. The van der Waals surface area contributed by atoms with Crippen LogP contribution >= 0.6 is 0 Å². The minimum absolute atomic E-state index is 0.594. The van der Waals surface area contributed by atoms with Crippen molar-refractivity contribution in [3.8, 4) is 0 Å². The number of rotatable bonds is 4. The molecule has 4 heteroatoms. The molecule has 0 amide bonds. The van der Waals surface area contributed by atoms with Gasteiger partial charge < -0.3 is 0 Å². The van der Waals surface area contributed by atoms with Crippen LogP contribution in [0.1, 0.15) is 20.8 Å². The van der Waals surface area contributed by atoms with E-state index in [2.05, 4.69) is 10.2 Å². The maximum Gasteiger partial charge on any atom is 0.147 e. The number of nitrogens with zero attached hydrogens (tertiary/aromatic N) is 3. The molecule has 0 radical (unpaired) electrons. The SMILES string of the molecule is C/C=C(C)/C=C\C(=C(/C)C=O)n1nccn1. The van der Waals surface area contributed by atoms with Gasteiger partial charge in [0.2, 0.25) is 0 Å². The highest BCUT2D eigenvalue weighted by Crippen LogP contribution is 2.10. The van der Waals surface area contributed by atoms with Crippen LogP contribution in [-0.4, -0.2) is 21.3 Å². The first kappa shape index (κ1) is 12.1. The number of hydrogen-bond donors (Lipinski definition) is 0. The number of aldehydes is 1. The first-order valence-electron chi connectivity index (χ1n) is 5.02. The molecule has 0 aromatic carbocycles. The lowest BCUT2D eigenvalue weighted by Gasteiger charge is -2.02. The number of carbonyl (C=O) groups is 1. The molecule has 0 aliphatic rings. The summed E-state index contributed by atoms with van der Waals surface area (Å²) < 4.78 is 0. The van der Waals surface area contributed by atoms with Gasteiger partial charge in [0, 0.05) is 5.57 Å². The van der Waals surface area contributed by atoms with Crippen LogP contribution in [0, 0.1) is 0 Å². The molecule has 1 heterocycles. The molecule has 0 aliphatic carbocycles. The van der Waals surface area contributed by atoms with E-state index in [-0.39, 0.29) is 0 Å². The van der Waals surface area contributed by atoms with Gasteiger partial charge in [0.25, 0.3) is 0 Å². The molecule has 84 valence electrons. The summed E-state index contributed by atoms with van der Waals surface area (Å²) >= 11 is 0. The van der Waals surface area contributed by atoms with Crippen molar-refractivity contribution in [3.05, 3.63) is 41.8 Å². The van der Waals surface area contributed by atoms with Crippen LogP contribution in [-0.2, 0) is 4.79 Å². The zero-order valence-corrected chi connectivity index (χ0v) is 9.71. The van der Waals surface area contributed by atoms with Gasteiger partial charge in [-0.1, -0.05) is 17.7 Å². The lowest BCUT2D eigenvalue weighted by molar-refractivity contribution is -0.104. The number of allylic oxidation sites excluding steroid dienone is 6. The second kappa shape index (κ2) is 5.80. The largest absolute Gasteiger partial charge is 0.298 e. The minimum Gasteiger partial charge on any atom is -0.298 e. The van der Waals surface area contributed by atoms with Gasteiger partial charge in [-0.3, -0.25) is 4.79 Å². The second-order valence-corrected chi connectivity index (χ2v) is 3.37. The van der Waals surface area contributed by atoms with Crippen molar-refractivity contribution in [3.63, 3.8) is 0 Å². The molecule has 1 aromatic heterocycles. The van der Waals surface area contributed by atoms with Crippen LogP contribution in [0.2, 0.25) is 0 Å². The average Bonchev–Trinajstić information content (AvgIpc) is 2.82. The smallest absolute Gasteiger partial charge is 0.147 e. The van der Waals surface area contributed by atoms with Gasteiger partial charge in [0.05, 0.1) is 18.1 Å². The van der Waals surface area contributed by atoms with E-state index >= 15 is 0 Å². The highest BCUT2D eigenvalue weighted by molar-refractivity contribution is 5.84. The second-order valence-electron chi connectivity index (χ2n) is 3.37. The highest BCUT2D eigenvalue weighted by atomic mass is 16.1. The van der Waals surface area contributed by atoms with Gasteiger partial charge in [0.1, 0.15) is 6.29 Å². The Morgan fingerprint density at radius 2 is 1.81 bits per heavy atom. The molecular weight excluding hydrogens is 202 g/mol. The van der Waals surface area contributed by atoms with Gasteiger partial charge >= 0.3 is 0 Å². The normalized spacial score (nSPS) is 14.1. The van der Waals surface area contributed by atoms with Gasteiger partial charge in [-0.05, 0) is 26.8 Å². The zero-order chi connectivity index (χ0) is 12.0. The molecule has 0 aliphatic heterocycles. The van der Waals surface area contributed by atoms with Crippen LogP contribution < -0.4 is 0 Å². The molecule has 0 fully saturated rings. The molecule has 0 unspecified atom stereocenters. The third-order valence-corrected chi connectivity index (χ3v) is 2.17. The Labute approximate surface area is 95.0 Å². The summed E-state index contributed by atoms with van der Waals surface area (Å²) in [4.78, 5) is 12.2. The summed E-state index contributed by atoms with van der Waals surface area (Å²) in [6.07, 6.45) is 9.70. The maximum atomic E-state index is 10.8. The molecule has 4 nitrogen and oxygen atoms in total. The average molecular weight is 217 g/mol. The van der Waals surface area contributed by atoms with Crippen molar-refractivity contribution in [2.75, 3.05) is 0 Å². The Kier molecular flexibility index (Phi) is 4.39. The monoisotopic (exact) mass is 217 g/mol. The van der Waals surface area contributed by atoms with E-state index in [1.807, 2.05) is 32.1 Å². The molecule has 16 heavy (non-hydrogen) atoms. The lowest BCUT2D eigenvalue weighted by Crippen LogP contribution is -2.02. The fourth-order valence-electron chi connectivity index (χ4n) is 1.06. The maximum absolute atomic E-state index is 10.8. The van der Waals surface area contributed by atoms with Crippen LogP contribution in [0.15, 0.2) is 41.8 Å². The topological polar surface area (TPSA) is 47.8 Å². The molecule has 0 bridgehead atoms. The van der Waals surface area contributed by atoms with Crippen LogP contribution in [0.25, 0.3) is 5.70 Å². The Bertz CT molecular complexity index is 439. The van der Waals surface area contributed by atoms with Crippen LogP contribution in [0.3, 0.4) is 0 Å². The third-order valence-electron chi connectivity index (χ3n) is 2.17. The number of hydrogen-bond acceptors (Lipinski definition) is 3. The van der Waals surface area contributed by atoms with Crippen molar-refractivity contribution in [1.82, 2.24) is 15.0 Å². The van der Waals surface area contributed by atoms with Crippen molar-refractivity contribution in [2.45, 2.75) is 20.8 Å². The summed E-state index contributed by atoms with van der Waals surface area (Å²) in [5.41, 5.74) is 2.39. The molecule has 0 N–H and O–H groups in total. The first-order valence-corrected chi connectivity index (χ1v) is 5.02. The van der Waals surface area contributed by atoms with E-state index in [0.29, 0.717) is 11.3 Å². The molecule has 1 rings (SSSR count). The van der Waals surface area contributed by atoms with Crippen molar-refractivity contribution in [2.24, 2.45) is 0 Å². The van der Waals surface area contributed by atoms with Gasteiger partial charge in [0.15, 0.2) is 0 Å². The van der Waals surface area contributed by atoms with Crippen LogP contribution in [0.4, 0.5) is 0 Å². The Hall–Kier alpha value is -1.97. The van der Waals surface area contributed by atoms with E-state index in [1.165, 1.54) is 4.80 Å². The van der Waals surface area contributed by atoms with Crippen molar-refractivity contribution < 1.29 is 4.79 Å². The molecule has 1 aromatic rings. The molecular formula is C12H15N3O. The highest BCUT2D eigenvalue weighted by Gasteiger charge is 2.02. The number of aromatic nitrogens is 3. The van der Waals surface area contributed by atoms with E-state index in [0.717, 1.165) is 11.9 Å². The quantitative estimate of drug-likeness (QED) is 0.441. The van der Waals surface area contributed by atoms with Gasteiger partial charge in [-0.15, -0.1) is 0 Å². The molecule has 0 saturated carbocycles. The van der Waals surface area contributed by atoms with E-state index in [9.17, 15) is 4.79 Å². The summed E-state index contributed by atoms with van der Waals surface area (Å²) in [6.45, 7) is 5.68. The van der Waals surface area contributed by atoms with Crippen LogP contribution in [0.5, 0.6) is 0 Å². The van der Waals surface area contributed by atoms with Gasteiger partial charge in [-0.25, -0.2) is 0 Å². The Morgan fingerprint density at radius 3 is 2.31 bits per heavy atom. The summed E-state index contributed by atoms with van der Waals surface area (Å²) in [5.74, 6) is 0. The fourth-order valence-corrected chi connectivity index (χ4v) is 1.06. The fraction of sp³-hybridized carbons (Fsp3) is 0.250. The van der Waals surface area contributed by atoms with Crippen molar-refractivity contribution >= 4 is 12.0 Å². The van der Waals surface area contributed by atoms with Gasteiger partial charge in [-0.2, -0.15) is 15.0 Å². The first-order chi connectivity index (χ1) is 7.69. The Balaban J connectivity index is 3.09. The minimum atomic E-state index is 0.594. The van der Waals surface area contributed by atoms with E-state index in [4.69, 9.17) is 0 Å². The van der Waals surface area contributed by atoms with Crippen molar-refractivity contribution in [1.29, 1.82) is 0 Å². The Morgan fingerprint density at radius 1 is 1.19 bits per heavy atom. The summed E-state index contributed by atoms with van der Waals surface area (Å²) in [7, 11) is 0. The molecule has 0 atom stereocenters. The summed E-state index contributed by atoms with van der Waals surface area (Å²) in [5, 5.41) is 8.01. The zero-order valence-electron chi connectivity index (χ0n) is 9.71. The predicted octanol–water partition coefficient (Wildman–Crippen LogP) is 2.23. The molecule has 0 saturated heterocycles. The lowest BCUT2D eigenvalue weighted by atomic mass is 10.2. The molecule has 0 spiro atoms. The third kappa shape index (κ3) is 3.02. The van der Waals surface area contributed by atoms with E-state index in [1.54, 1.807) is 19.3 Å². The predicted molar refractivity (Wildman–Crippen MR) is 63.5 cm³/mol.